The lowest BCUT2D eigenvalue weighted by molar-refractivity contribution is 1.46. The summed E-state index contributed by atoms with van der Waals surface area (Å²) >= 11 is 10.4. The van der Waals surface area contributed by atoms with Gasteiger partial charge in [-0.1, -0.05) is 0 Å². The summed E-state index contributed by atoms with van der Waals surface area (Å²) in [6.45, 7) is 0. The van der Waals surface area contributed by atoms with Crippen molar-refractivity contribution < 1.29 is 0 Å². The molecule has 0 radical (unpaired) electrons. The maximum Gasteiger partial charge on any atom is 0.0477 e. The second-order valence-electron chi connectivity index (χ2n) is 2.45. The van der Waals surface area contributed by atoms with Crippen molar-refractivity contribution in [1.82, 2.24) is 4.98 Å². The zero-order valence-electron chi connectivity index (χ0n) is 5.87. The Labute approximate surface area is 94.9 Å². The quantitative estimate of drug-likeness (QED) is 0.720. The highest BCUT2D eigenvalue weighted by Crippen LogP contribution is 2.31. The fourth-order valence-corrected chi connectivity index (χ4v) is 2.21. The highest BCUT2D eigenvalue weighted by atomic mass is 79.9. The van der Waals surface area contributed by atoms with Crippen molar-refractivity contribution in [1.29, 1.82) is 0 Å². The van der Waals surface area contributed by atoms with Crippen molar-refractivity contribution >= 4 is 58.7 Å². The van der Waals surface area contributed by atoms with Crippen LogP contribution in [-0.2, 0) is 0 Å². The van der Waals surface area contributed by atoms with Gasteiger partial charge in [-0.2, -0.15) is 0 Å². The summed E-state index contributed by atoms with van der Waals surface area (Å²) in [7, 11) is 0. The van der Waals surface area contributed by atoms with E-state index in [1.54, 1.807) is 0 Å². The number of aromatic nitrogens is 1. The number of fused-ring (bicyclic) bond motifs is 1. The molecule has 0 aliphatic heterocycles. The predicted octanol–water partition coefficient (Wildman–Crippen LogP) is 4.46. The van der Waals surface area contributed by atoms with E-state index in [9.17, 15) is 0 Å². The van der Waals surface area contributed by atoms with Gasteiger partial charge in [0.05, 0.1) is 0 Å². The Balaban J connectivity index is 2.87. The number of halogens is 3. The molecule has 0 atom stereocenters. The Hall–Kier alpha value is 0.200. The summed E-state index contributed by atoms with van der Waals surface area (Å²) in [4.78, 5) is 3.16. The molecule has 0 bridgehead atoms. The molecule has 4 heteroatoms. The molecule has 1 aromatic carbocycles. The van der Waals surface area contributed by atoms with Crippen molar-refractivity contribution in [2.75, 3.05) is 0 Å². The first-order valence-electron chi connectivity index (χ1n) is 3.30. The zero-order chi connectivity index (χ0) is 8.72. The molecule has 1 heterocycles. The molecule has 0 saturated heterocycles. The van der Waals surface area contributed by atoms with Gasteiger partial charge in [-0.05, 0) is 59.9 Å². The van der Waals surface area contributed by atoms with Crippen molar-refractivity contribution in [3.05, 3.63) is 31.7 Å². The number of hydrogen-bond acceptors (Lipinski definition) is 0. The van der Waals surface area contributed by atoms with Crippen LogP contribution in [0.1, 0.15) is 0 Å². The molecule has 0 amide bonds. The van der Waals surface area contributed by atoms with Gasteiger partial charge in [0, 0.05) is 30.5 Å². The fourth-order valence-electron chi connectivity index (χ4n) is 1.08. The molecule has 1 N–H and O–H groups in total. The lowest BCUT2D eigenvalue weighted by Gasteiger charge is -1.96. The van der Waals surface area contributed by atoms with Crippen LogP contribution in [0.25, 0.3) is 10.9 Å². The first-order chi connectivity index (χ1) is 5.68. The molecule has 0 spiro atoms. The predicted molar refractivity (Wildman–Crippen MR) is 61.4 cm³/mol. The highest BCUT2D eigenvalue weighted by Gasteiger charge is 2.03. The van der Waals surface area contributed by atoms with Gasteiger partial charge in [-0.3, -0.25) is 0 Å². The smallest absolute Gasteiger partial charge is 0.0477 e. The summed E-state index contributed by atoms with van der Waals surface area (Å²) in [6, 6.07) is 4.12. The Morgan fingerprint density at radius 1 is 0.917 bits per heavy atom. The van der Waals surface area contributed by atoms with Gasteiger partial charge < -0.3 is 4.98 Å². The minimum atomic E-state index is 1.06. The van der Waals surface area contributed by atoms with Crippen LogP contribution in [0.2, 0.25) is 0 Å². The number of rotatable bonds is 0. The van der Waals surface area contributed by atoms with E-state index in [1.165, 1.54) is 5.39 Å². The largest absolute Gasteiger partial charge is 0.360 e. The molecule has 62 valence electrons. The second-order valence-corrected chi connectivity index (χ2v) is 5.01. The van der Waals surface area contributed by atoms with E-state index in [0.717, 1.165) is 18.9 Å². The third-order valence-corrected chi connectivity index (χ3v) is 4.17. The van der Waals surface area contributed by atoms with Crippen molar-refractivity contribution in [2.45, 2.75) is 0 Å². The van der Waals surface area contributed by atoms with E-state index in [4.69, 9.17) is 0 Å². The van der Waals surface area contributed by atoms with Crippen LogP contribution in [0.15, 0.2) is 31.7 Å². The molecule has 1 aromatic heterocycles. The van der Waals surface area contributed by atoms with Crippen LogP contribution in [0, 0.1) is 0 Å². The Kier molecular flexibility index (Phi) is 2.31. The minimum absolute atomic E-state index is 1.06. The summed E-state index contributed by atoms with van der Waals surface area (Å²) < 4.78 is 3.21. The van der Waals surface area contributed by atoms with E-state index in [2.05, 4.69) is 58.8 Å². The molecular weight excluding hydrogens is 350 g/mol. The van der Waals surface area contributed by atoms with E-state index < -0.39 is 0 Å². The monoisotopic (exact) mass is 351 g/mol. The molecule has 0 saturated carbocycles. The zero-order valence-corrected chi connectivity index (χ0v) is 10.6. The lowest BCUT2D eigenvalue weighted by Crippen LogP contribution is -1.71. The minimum Gasteiger partial charge on any atom is -0.360 e. The molecule has 0 aliphatic carbocycles. The maximum absolute atomic E-state index is 3.46. The first-order valence-corrected chi connectivity index (χ1v) is 5.68. The molecule has 2 rings (SSSR count). The van der Waals surface area contributed by atoms with Gasteiger partial charge in [0.1, 0.15) is 0 Å². The SMILES string of the molecule is Brc1cc2[nH]cc(Br)c2cc1Br. The van der Waals surface area contributed by atoms with Crippen molar-refractivity contribution in [3.8, 4) is 0 Å². The highest BCUT2D eigenvalue weighted by molar-refractivity contribution is 9.13. The topological polar surface area (TPSA) is 15.8 Å². The average Bonchev–Trinajstić information content (AvgIpc) is 2.35. The van der Waals surface area contributed by atoms with Gasteiger partial charge in [-0.15, -0.1) is 0 Å². The van der Waals surface area contributed by atoms with Crippen LogP contribution in [0.3, 0.4) is 0 Å². The number of H-pyrrole nitrogens is 1. The molecule has 0 unspecified atom stereocenters. The maximum atomic E-state index is 3.46. The van der Waals surface area contributed by atoms with Gasteiger partial charge >= 0.3 is 0 Å². The van der Waals surface area contributed by atoms with Gasteiger partial charge in [0.25, 0.3) is 0 Å². The van der Waals surface area contributed by atoms with Crippen molar-refractivity contribution in [3.63, 3.8) is 0 Å². The summed E-state index contributed by atoms with van der Waals surface area (Å²) in [5.41, 5.74) is 1.12. The van der Waals surface area contributed by atoms with E-state index in [1.807, 2.05) is 12.3 Å². The third-order valence-electron chi connectivity index (χ3n) is 1.67. The van der Waals surface area contributed by atoms with Crippen LogP contribution in [-0.4, -0.2) is 4.98 Å². The summed E-state index contributed by atoms with van der Waals surface area (Å²) in [6.07, 6.45) is 1.93. The molecule has 0 aliphatic rings. The molecule has 2 aromatic rings. The van der Waals surface area contributed by atoms with Crippen LogP contribution in [0.5, 0.6) is 0 Å². The Bertz CT molecular complexity index is 433. The number of hydrogen-bond donors (Lipinski definition) is 1. The van der Waals surface area contributed by atoms with Gasteiger partial charge in [-0.25, -0.2) is 0 Å². The standard InChI is InChI=1S/C8H4Br3N/c9-5-1-4-7(11)3-12-8(4)2-6(5)10/h1-3,12H. The van der Waals surface area contributed by atoms with E-state index in [-0.39, 0.29) is 0 Å². The Morgan fingerprint density at radius 2 is 1.58 bits per heavy atom. The van der Waals surface area contributed by atoms with Crippen LogP contribution in [0.4, 0.5) is 0 Å². The lowest BCUT2D eigenvalue weighted by atomic mass is 10.2. The average molecular weight is 354 g/mol. The Morgan fingerprint density at radius 3 is 2.33 bits per heavy atom. The number of benzene rings is 1. The van der Waals surface area contributed by atoms with E-state index in [0.29, 0.717) is 0 Å². The van der Waals surface area contributed by atoms with E-state index >= 15 is 0 Å². The molecule has 12 heavy (non-hydrogen) atoms. The van der Waals surface area contributed by atoms with Crippen molar-refractivity contribution in [2.24, 2.45) is 0 Å². The summed E-state index contributed by atoms with van der Waals surface area (Å²) in [5, 5.41) is 1.19. The number of aromatic amines is 1. The second kappa shape index (κ2) is 3.16. The van der Waals surface area contributed by atoms with Gasteiger partial charge in [0.15, 0.2) is 0 Å². The third kappa shape index (κ3) is 1.36. The molecular formula is C8H4Br3N. The first kappa shape index (κ1) is 8.78. The number of nitrogens with one attached hydrogen (secondary N) is 1. The van der Waals surface area contributed by atoms with Crippen LogP contribution >= 0.6 is 47.8 Å². The normalized spacial score (nSPS) is 10.9. The summed E-state index contributed by atoms with van der Waals surface area (Å²) in [5.74, 6) is 0. The molecule has 1 nitrogen and oxygen atoms in total. The fraction of sp³-hybridized carbons (Fsp3) is 0. The molecule has 0 fully saturated rings. The van der Waals surface area contributed by atoms with Crippen LogP contribution < -0.4 is 0 Å². The van der Waals surface area contributed by atoms with Gasteiger partial charge in [0.2, 0.25) is 0 Å².